The van der Waals surface area contributed by atoms with E-state index in [2.05, 4.69) is 10.9 Å². The summed E-state index contributed by atoms with van der Waals surface area (Å²) in [4.78, 5) is 0.328. The van der Waals surface area contributed by atoms with E-state index in [0.29, 0.717) is 4.99 Å². The van der Waals surface area contributed by atoms with Crippen LogP contribution in [0, 0.1) is 0 Å². The van der Waals surface area contributed by atoms with E-state index >= 15 is 0 Å². The topological polar surface area (TPSA) is 30.5 Å². The second-order valence-corrected chi connectivity index (χ2v) is 3.85. The van der Waals surface area contributed by atoms with Crippen molar-refractivity contribution in [3.63, 3.8) is 0 Å². The van der Waals surface area contributed by atoms with Crippen LogP contribution in [0.3, 0.4) is 0 Å². The summed E-state index contributed by atoms with van der Waals surface area (Å²) in [5.74, 6) is 0.269. The van der Waals surface area contributed by atoms with Crippen molar-refractivity contribution in [2.24, 2.45) is 0 Å². The van der Waals surface area contributed by atoms with Gasteiger partial charge in [-0.15, -0.1) is 18.7 Å². The van der Waals surface area contributed by atoms with Gasteiger partial charge in [0.2, 0.25) is 0 Å². The normalized spacial score (nSPS) is 21.1. The zero-order chi connectivity index (χ0) is 12.1. The van der Waals surface area contributed by atoms with Crippen molar-refractivity contribution < 1.29 is 13.2 Å². The number of halogens is 3. The van der Waals surface area contributed by atoms with Gasteiger partial charge in [0.15, 0.2) is 0 Å². The molecule has 8 heteroatoms. The van der Waals surface area contributed by atoms with Crippen molar-refractivity contribution in [1.29, 1.82) is 0 Å². The minimum absolute atomic E-state index is 0.0491. The van der Waals surface area contributed by atoms with Crippen LogP contribution in [0.4, 0.5) is 13.2 Å². The van der Waals surface area contributed by atoms with Gasteiger partial charge >= 0.3 is 6.30 Å². The molecule has 0 saturated carbocycles. The monoisotopic (exact) mass is 250 g/mol. The summed E-state index contributed by atoms with van der Waals surface area (Å²) in [6.45, 7) is 3.51. The fourth-order valence-electron chi connectivity index (χ4n) is 1.36. The molecule has 2 N–H and O–H groups in total. The molecule has 2 rings (SSSR count). The molecule has 2 heterocycles. The number of allylic oxidation sites excluding steroid dienone is 1. The number of hydrogen-bond acceptors (Lipinski definition) is 4. The highest BCUT2D eigenvalue weighted by molar-refractivity contribution is 7.80. The molecule has 0 atom stereocenters. The van der Waals surface area contributed by atoms with E-state index in [1.807, 2.05) is 0 Å². The maximum Gasteiger partial charge on any atom is 0.500 e. The van der Waals surface area contributed by atoms with Crippen LogP contribution in [-0.2, 0) is 0 Å². The predicted octanol–water partition coefficient (Wildman–Crippen LogP) is 1.57. The first kappa shape index (κ1) is 11.2. The Morgan fingerprint density at radius 1 is 1.31 bits per heavy atom. The van der Waals surface area contributed by atoms with Crippen LogP contribution < -0.4 is 10.9 Å². The molecule has 0 aromatic heterocycles. The smallest absolute Gasteiger partial charge is 0.343 e. The minimum Gasteiger partial charge on any atom is -0.343 e. The largest absolute Gasteiger partial charge is 0.500 e. The second-order valence-electron chi connectivity index (χ2n) is 3.47. The first-order valence-corrected chi connectivity index (χ1v) is 4.84. The van der Waals surface area contributed by atoms with Gasteiger partial charge in [-0.25, -0.2) is 10.0 Å². The van der Waals surface area contributed by atoms with Crippen LogP contribution in [0.2, 0.25) is 0 Å². The lowest BCUT2D eigenvalue weighted by Gasteiger charge is -2.30. The van der Waals surface area contributed by atoms with Gasteiger partial charge in [-0.05, 0) is 13.8 Å². The molecule has 0 aliphatic carbocycles. The lowest BCUT2D eigenvalue weighted by atomic mass is 10.2. The van der Waals surface area contributed by atoms with Gasteiger partial charge in [0.1, 0.15) is 10.8 Å². The standard InChI is InChI=1S/C8H9F3N4S/c1-4-5(2)12-6-3-14(8(9,10)11)13-15(6)7(4)16/h3,12-13H,1-2H3. The molecule has 88 valence electrons. The van der Waals surface area contributed by atoms with E-state index in [9.17, 15) is 13.2 Å². The molecule has 0 unspecified atom stereocenters. The Morgan fingerprint density at radius 2 is 1.94 bits per heavy atom. The fourth-order valence-corrected chi connectivity index (χ4v) is 1.65. The van der Waals surface area contributed by atoms with Crippen molar-refractivity contribution in [3.8, 4) is 0 Å². The maximum absolute atomic E-state index is 12.4. The highest BCUT2D eigenvalue weighted by atomic mass is 32.1. The van der Waals surface area contributed by atoms with E-state index in [-0.39, 0.29) is 10.8 Å². The molecular weight excluding hydrogens is 241 g/mol. The van der Waals surface area contributed by atoms with Crippen LogP contribution in [0.5, 0.6) is 0 Å². The van der Waals surface area contributed by atoms with E-state index < -0.39 is 6.30 Å². The number of fused-ring (bicyclic) bond motifs is 1. The van der Waals surface area contributed by atoms with Crippen molar-refractivity contribution in [2.75, 3.05) is 0 Å². The number of thiocarbonyl (C=S) groups is 1. The first-order valence-electron chi connectivity index (χ1n) is 4.44. The Morgan fingerprint density at radius 3 is 2.50 bits per heavy atom. The highest BCUT2D eigenvalue weighted by Crippen LogP contribution is 2.28. The van der Waals surface area contributed by atoms with Crippen LogP contribution >= 0.6 is 12.2 Å². The van der Waals surface area contributed by atoms with Gasteiger partial charge in [0.05, 0.1) is 6.20 Å². The second kappa shape index (κ2) is 3.36. The van der Waals surface area contributed by atoms with Crippen molar-refractivity contribution in [2.45, 2.75) is 20.1 Å². The Bertz CT molecular complexity index is 412. The molecular formula is C8H9F3N4S. The molecule has 0 saturated heterocycles. The van der Waals surface area contributed by atoms with Crippen LogP contribution in [0.15, 0.2) is 23.3 Å². The molecule has 0 spiro atoms. The molecule has 4 nitrogen and oxygen atoms in total. The van der Waals surface area contributed by atoms with E-state index in [1.54, 1.807) is 13.8 Å². The average molecular weight is 250 g/mol. The van der Waals surface area contributed by atoms with Crippen molar-refractivity contribution >= 4 is 17.2 Å². The lowest BCUT2D eigenvalue weighted by molar-refractivity contribution is -0.249. The first-order chi connectivity index (χ1) is 7.30. The SMILES string of the molecule is CC1=C(C)C(=S)N2NN(C(F)(F)F)C=C2N1. The van der Waals surface area contributed by atoms with Gasteiger partial charge < -0.3 is 5.32 Å². The zero-order valence-corrected chi connectivity index (χ0v) is 9.33. The third-order valence-electron chi connectivity index (χ3n) is 2.38. The Labute approximate surface area is 95.3 Å². The van der Waals surface area contributed by atoms with Crippen LogP contribution in [-0.4, -0.2) is 21.3 Å². The zero-order valence-electron chi connectivity index (χ0n) is 8.51. The Hall–Kier alpha value is -1.28. The maximum atomic E-state index is 12.4. The van der Waals surface area contributed by atoms with Gasteiger partial charge in [0, 0.05) is 11.3 Å². The summed E-state index contributed by atoms with van der Waals surface area (Å²) in [5.41, 5.74) is 3.63. The molecule has 2 aliphatic heterocycles. The molecule has 0 amide bonds. The summed E-state index contributed by atoms with van der Waals surface area (Å²) >= 11 is 5.05. The Kier molecular flexibility index (Phi) is 2.35. The average Bonchev–Trinajstić information content (AvgIpc) is 2.57. The summed E-state index contributed by atoms with van der Waals surface area (Å²) in [7, 11) is 0. The molecule has 0 aromatic carbocycles. The number of hydrogen-bond donors (Lipinski definition) is 2. The van der Waals surface area contributed by atoms with Gasteiger partial charge in [-0.3, -0.25) is 0 Å². The summed E-state index contributed by atoms with van der Waals surface area (Å²) in [6, 6.07) is 0. The number of nitrogens with one attached hydrogen (secondary N) is 2. The molecule has 2 aliphatic rings. The summed E-state index contributed by atoms with van der Waals surface area (Å²) < 4.78 is 37.3. The van der Waals surface area contributed by atoms with E-state index in [1.165, 1.54) is 5.01 Å². The van der Waals surface area contributed by atoms with Crippen LogP contribution in [0.1, 0.15) is 13.8 Å². The lowest BCUT2D eigenvalue weighted by Crippen LogP contribution is -2.51. The van der Waals surface area contributed by atoms with Crippen molar-refractivity contribution in [1.82, 2.24) is 20.9 Å². The van der Waals surface area contributed by atoms with Gasteiger partial charge in [-0.1, -0.05) is 12.2 Å². The Balaban J connectivity index is 2.29. The third kappa shape index (κ3) is 1.63. The molecule has 0 radical (unpaired) electrons. The third-order valence-corrected chi connectivity index (χ3v) is 2.86. The number of rotatable bonds is 0. The summed E-state index contributed by atoms with van der Waals surface area (Å²) in [6.07, 6.45) is -3.56. The fraction of sp³-hybridized carbons (Fsp3) is 0.375. The quantitative estimate of drug-likeness (QED) is 0.503. The number of alkyl halides is 3. The van der Waals surface area contributed by atoms with Gasteiger partial charge in [0.25, 0.3) is 0 Å². The summed E-state index contributed by atoms with van der Waals surface area (Å²) in [5, 5.41) is 4.07. The molecule has 0 aromatic rings. The molecule has 0 bridgehead atoms. The highest BCUT2D eigenvalue weighted by Gasteiger charge is 2.42. The molecule has 16 heavy (non-hydrogen) atoms. The van der Waals surface area contributed by atoms with Crippen molar-refractivity contribution in [3.05, 3.63) is 23.3 Å². The van der Waals surface area contributed by atoms with Gasteiger partial charge in [-0.2, -0.15) is 0 Å². The van der Waals surface area contributed by atoms with E-state index in [0.717, 1.165) is 17.5 Å². The number of hydrazine groups is 2. The van der Waals surface area contributed by atoms with E-state index in [4.69, 9.17) is 12.2 Å². The predicted molar refractivity (Wildman–Crippen MR) is 55.1 cm³/mol. The minimum atomic E-state index is -4.48. The number of nitrogens with zero attached hydrogens (tertiary/aromatic N) is 2. The molecule has 0 fully saturated rings. The van der Waals surface area contributed by atoms with Crippen LogP contribution in [0.25, 0.3) is 0 Å².